The summed E-state index contributed by atoms with van der Waals surface area (Å²) in [6.45, 7) is 1.45. The molecule has 1 aromatic heterocycles. The Bertz CT molecular complexity index is 1060. The lowest BCUT2D eigenvalue weighted by molar-refractivity contribution is -0.134. The van der Waals surface area contributed by atoms with E-state index >= 15 is 0 Å². The molecule has 0 saturated carbocycles. The summed E-state index contributed by atoms with van der Waals surface area (Å²) in [7, 11) is -3.49. The SMILES string of the molecule is COc1nc(C)nc(NC(=O)NS(=O)(=O)c2ccc(O)c(O)c2CCC(F)(F)F)n1. The zero-order valence-electron chi connectivity index (χ0n) is 15.5. The molecule has 0 fully saturated rings. The maximum absolute atomic E-state index is 12.5. The standard InChI is InChI=1S/C15H16F3N5O6S/c1-7-19-12(22-14(20-7)29-2)21-13(26)23-30(27,28)10-4-3-9(24)11(25)8(10)5-6-15(16,17)18/h3-4,24-25H,5-6H2,1-2H3,(H2,19,20,21,22,23,26). The van der Waals surface area contributed by atoms with Crippen LogP contribution in [0.4, 0.5) is 23.9 Å². The van der Waals surface area contributed by atoms with Gasteiger partial charge >= 0.3 is 18.2 Å². The number of aryl methyl sites for hydroxylation is 1. The van der Waals surface area contributed by atoms with Crippen LogP contribution in [0.3, 0.4) is 0 Å². The summed E-state index contributed by atoms with van der Waals surface area (Å²) in [5.74, 6) is -2.06. The van der Waals surface area contributed by atoms with E-state index in [1.807, 2.05) is 5.32 Å². The van der Waals surface area contributed by atoms with Crippen molar-refractivity contribution >= 4 is 22.0 Å². The number of methoxy groups -OCH3 is 1. The summed E-state index contributed by atoms with van der Waals surface area (Å²) in [4.78, 5) is 22.5. The number of amides is 2. The van der Waals surface area contributed by atoms with Crippen LogP contribution in [0, 0.1) is 6.92 Å². The van der Waals surface area contributed by atoms with E-state index in [0.717, 1.165) is 12.1 Å². The summed E-state index contributed by atoms with van der Waals surface area (Å²) in [6.07, 6.45) is -7.08. The average Bonchev–Trinajstić information content (AvgIpc) is 2.60. The van der Waals surface area contributed by atoms with Crippen LogP contribution in [0.2, 0.25) is 0 Å². The van der Waals surface area contributed by atoms with Gasteiger partial charge in [0.25, 0.3) is 10.0 Å². The second-order valence-electron chi connectivity index (χ2n) is 5.78. The average molecular weight is 451 g/mol. The Morgan fingerprint density at radius 3 is 2.47 bits per heavy atom. The van der Waals surface area contributed by atoms with Crippen molar-refractivity contribution in [2.45, 2.75) is 30.8 Å². The minimum absolute atomic E-state index is 0.151. The topological polar surface area (TPSA) is 164 Å². The summed E-state index contributed by atoms with van der Waals surface area (Å²) < 4.78 is 69.0. The number of aromatic nitrogens is 3. The molecule has 1 heterocycles. The van der Waals surface area contributed by atoms with Gasteiger partial charge in [0.2, 0.25) is 5.95 Å². The Kier molecular flexibility index (Phi) is 6.54. The van der Waals surface area contributed by atoms with Crippen LogP contribution in [-0.4, -0.2) is 52.9 Å². The number of aromatic hydroxyl groups is 2. The van der Waals surface area contributed by atoms with E-state index in [-0.39, 0.29) is 17.8 Å². The predicted molar refractivity (Wildman–Crippen MR) is 94.6 cm³/mol. The molecule has 2 rings (SSSR count). The molecule has 30 heavy (non-hydrogen) atoms. The third kappa shape index (κ3) is 5.82. The number of carbonyl (C=O) groups excluding carboxylic acids is 1. The zero-order valence-corrected chi connectivity index (χ0v) is 16.3. The van der Waals surface area contributed by atoms with E-state index in [0.29, 0.717) is 0 Å². The second-order valence-corrected chi connectivity index (χ2v) is 7.43. The van der Waals surface area contributed by atoms with Crippen molar-refractivity contribution in [3.8, 4) is 17.5 Å². The number of hydrogen-bond donors (Lipinski definition) is 4. The van der Waals surface area contributed by atoms with Crippen molar-refractivity contribution in [3.63, 3.8) is 0 Å². The third-order valence-corrected chi connectivity index (χ3v) is 4.94. The summed E-state index contributed by atoms with van der Waals surface area (Å²) in [5.41, 5.74) is -0.703. The molecule has 164 valence electrons. The molecule has 0 radical (unpaired) electrons. The van der Waals surface area contributed by atoms with Crippen LogP contribution in [0.15, 0.2) is 17.0 Å². The van der Waals surface area contributed by atoms with E-state index in [1.165, 1.54) is 14.0 Å². The Hall–Kier alpha value is -3.36. The first-order valence-corrected chi connectivity index (χ1v) is 9.51. The number of halogens is 3. The first kappa shape index (κ1) is 22.9. The van der Waals surface area contributed by atoms with Gasteiger partial charge in [0, 0.05) is 12.0 Å². The number of nitrogens with zero attached hydrogens (tertiary/aromatic N) is 3. The van der Waals surface area contributed by atoms with Gasteiger partial charge < -0.3 is 14.9 Å². The van der Waals surface area contributed by atoms with E-state index in [9.17, 15) is 36.6 Å². The molecular formula is C15H16F3N5O6S. The molecule has 0 atom stereocenters. The Morgan fingerprint density at radius 2 is 1.87 bits per heavy atom. The molecule has 4 N–H and O–H groups in total. The highest BCUT2D eigenvalue weighted by Crippen LogP contribution is 2.36. The molecule has 2 amide bonds. The molecule has 0 spiro atoms. The molecule has 0 aliphatic rings. The number of anilines is 1. The zero-order chi connectivity index (χ0) is 22.7. The van der Waals surface area contributed by atoms with Crippen LogP contribution >= 0.6 is 0 Å². The van der Waals surface area contributed by atoms with Crippen molar-refractivity contribution < 1.29 is 41.3 Å². The minimum atomic E-state index is -4.75. The first-order valence-electron chi connectivity index (χ1n) is 8.03. The van der Waals surface area contributed by atoms with Crippen molar-refractivity contribution in [1.82, 2.24) is 19.7 Å². The number of ether oxygens (including phenoxy) is 1. The number of nitrogens with one attached hydrogen (secondary N) is 2. The fraction of sp³-hybridized carbons (Fsp3) is 0.333. The molecule has 0 saturated heterocycles. The summed E-state index contributed by atoms with van der Waals surface area (Å²) >= 11 is 0. The van der Waals surface area contributed by atoms with Crippen LogP contribution in [0.1, 0.15) is 17.8 Å². The van der Waals surface area contributed by atoms with E-state index in [4.69, 9.17) is 4.74 Å². The fourth-order valence-electron chi connectivity index (χ4n) is 2.27. The van der Waals surface area contributed by atoms with Gasteiger partial charge in [-0.15, -0.1) is 0 Å². The van der Waals surface area contributed by atoms with Gasteiger partial charge in [-0.05, 0) is 25.5 Å². The number of sulfonamides is 1. The summed E-state index contributed by atoms with van der Waals surface area (Å²) in [5, 5.41) is 21.4. The molecule has 1 aromatic carbocycles. The maximum atomic E-state index is 12.5. The van der Waals surface area contributed by atoms with Gasteiger partial charge in [0.15, 0.2) is 11.5 Å². The van der Waals surface area contributed by atoms with Crippen LogP contribution < -0.4 is 14.8 Å². The van der Waals surface area contributed by atoms with Crippen LogP contribution in [-0.2, 0) is 16.4 Å². The lowest BCUT2D eigenvalue weighted by Crippen LogP contribution is -2.35. The van der Waals surface area contributed by atoms with E-state index < -0.39 is 57.0 Å². The number of urea groups is 1. The normalized spacial score (nSPS) is 11.8. The first-order chi connectivity index (χ1) is 13.8. The molecule has 2 aromatic rings. The van der Waals surface area contributed by atoms with Crippen LogP contribution in [0.25, 0.3) is 0 Å². The highest BCUT2D eigenvalue weighted by molar-refractivity contribution is 7.90. The van der Waals surface area contributed by atoms with E-state index in [2.05, 4.69) is 15.0 Å². The van der Waals surface area contributed by atoms with Gasteiger partial charge in [-0.25, -0.2) is 17.9 Å². The van der Waals surface area contributed by atoms with Crippen LogP contribution in [0.5, 0.6) is 17.5 Å². The maximum Gasteiger partial charge on any atom is 0.389 e. The highest BCUT2D eigenvalue weighted by atomic mass is 32.2. The van der Waals surface area contributed by atoms with Gasteiger partial charge in [-0.3, -0.25) is 5.32 Å². The molecule has 15 heteroatoms. The van der Waals surface area contributed by atoms with Gasteiger partial charge in [-0.2, -0.15) is 28.1 Å². The molecule has 0 aliphatic heterocycles. The van der Waals surface area contributed by atoms with Crippen molar-refractivity contribution in [2.75, 3.05) is 12.4 Å². The Labute approximate surface area is 168 Å². The largest absolute Gasteiger partial charge is 0.504 e. The number of alkyl halides is 3. The number of phenols is 2. The Balaban J connectivity index is 2.29. The van der Waals surface area contributed by atoms with E-state index in [1.54, 1.807) is 4.72 Å². The van der Waals surface area contributed by atoms with Gasteiger partial charge in [0.1, 0.15) is 5.82 Å². The number of hydrogen-bond acceptors (Lipinski definition) is 9. The summed E-state index contributed by atoms with van der Waals surface area (Å²) in [6, 6.07) is 0.0292. The predicted octanol–water partition coefficient (Wildman–Crippen LogP) is 1.61. The monoisotopic (exact) mass is 451 g/mol. The van der Waals surface area contributed by atoms with Crippen molar-refractivity contribution in [2.24, 2.45) is 0 Å². The fourth-order valence-corrected chi connectivity index (χ4v) is 3.45. The second kappa shape index (κ2) is 8.56. The molecule has 0 bridgehead atoms. The minimum Gasteiger partial charge on any atom is -0.504 e. The lowest BCUT2D eigenvalue weighted by Gasteiger charge is -2.15. The van der Waals surface area contributed by atoms with Gasteiger partial charge in [-0.1, -0.05) is 0 Å². The third-order valence-electron chi connectivity index (χ3n) is 3.53. The number of benzene rings is 1. The van der Waals surface area contributed by atoms with Crippen molar-refractivity contribution in [1.29, 1.82) is 0 Å². The molecular weight excluding hydrogens is 435 g/mol. The Morgan fingerprint density at radius 1 is 1.20 bits per heavy atom. The molecule has 0 unspecified atom stereocenters. The molecule has 0 aliphatic carbocycles. The van der Waals surface area contributed by atoms with Crippen molar-refractivity contribution in [3.05, 3.63) is 23.5 Å². The quantitative estimate of drug-likeness (QED) is 0.478. The number of rotatable bonds is 6. The number of carbonyl (C=O) groups is 1. The smallest absolute Gasteiger partial charge is 0.389 e. The number of phenolic OH excluding ortho intramolecular Hbond substituents is 2. The lowest BCUT2D eigenvalue weighted by atomic mass is 10.1. The molecule has 11 nitrogen and oxygen atoms in total. The van der Waals surface area contributed by atoms with Gasteiger partial charge in [0.05, 0.1) is 12.0 Å². The highest BCUT2D eigenvalue weighted by Gasteiger charge is 2.31.